The molecular weight excluding hydrogens is 464 g/mol. The standard InChI is InChI=1S/C27H38N2O7/c1-5-19(16-30)6-8-22(35-17(2)31)14-23(36-18(3)32)9-7-20-12-26(34-4)25(33)15-24(20)21-10-11-29-27(28)13-21/h10-13,15,19,22-23,30,33H,5-9,14,16H2,1-4H3,(H2,28,29)/t19-,22-,23+/m0/s1. The highest BCUT2D eigenvalue weighted by Gasteiger charge is 2.23. The number of esters is 2. The lowest BCUT2D eigenvalue weighted by atomic mass is 9.93. The Labute approximate surface area is 212 Å². The van der Waals surface area contributed by atoms with Gasteiger partial charge in [0, 0.05) is 33.1 Å². The smallest absolute Gasteiger partial charge is 0.302 e. The molecule has 0 unspecified atom stereocenters. The van der Waals surface area contributed by atoms with Crippen LogP contribution in [0.3, 0.4) is 0 Å². The topological polar surface area (TPSA) is 141 Å². The van der Waals surface area contributed by atoms with Crippen LogP contribution in [0.1, 0.15) is 58.4 Å². The first-order valence-electron chi connectivity index (χ1n) is 12.2. The van der Waals surface area contributed by atoms with Crippen molar-refractivity contribution in [1.29, 1.82) is 0 Å². The minimum absolute atomic E-state index is 0.00699. The van der Waals surface area contributed by atoms with Gasteiger partial charge in [-0.25, -0.2) is 4.98 Å². The number of nitrogens with two attached hydrogens (primary N) is 1. The van der Waals surface area contributed by atoms with E-state index in [4.69, 9.17) is 19.9 Å². The van der Waals surface area contributed by atoms with Gasteiger partial charge in [-0.3, -0.25) is 9.59 Å². The van der Waals surface area contributed by atoms with Crippen molar-refractivity contribution < 1.29 is 34.0 Å². The Bertz CT molecular complexity index is 1010. The summed E-state index contributed by atoms with van der Waals surface area (Å²) in [4.78, 5) is 27.6. The number of methoxy groups -OCH3 is 1. The molecule has 3 atom stereocenters. The molecule has 9 heteroatoms. The maximum Gasteiger partial charge on any atom is 0.302 e. The van der Waals surface area contributed by atoms with E-state index in [1.54, 1.807) is 30.5 Å². The number of anilines is 1. The van der Waals surface area contributed by atoms with Gasteiger partial charge >= 0.3 is 11.9 Å². The van der Waals surface area contributed by atoms with E-state index >= 15 is 0 Å². The summed E-state index contributed by atoms with van der Waals surface area (Å²) >= 11 is 0. The van der Waals surface area contributed by atoms with Crippen LogP contribution in [-0.2, 0) is 25.5 Å². The summed E-state index contributed by atoms with van der Waals surface area (Å²) in [6, 6.07) is 6.89. The first kappa shape index (κ1) is 28.9. The van der Waals surface area contributed by atoms with E-state index in [1.165, 1.54) is 21.0 Å². The molecule has 1 aromatic carbocycles. The van der Waals surface area contributed by atoms with Crippen molar-refractivity contribution in [2.24, 2.45) is 5.92 Å². The minimum atomic E-state index is -0.504. The number of carbonyl (C=O) groups is 2. The predicted octanol–water partition coefficient (Wildman–Crippen LogP) is 4.03. The van der Waals surface area contributed by atoms with Gasteiger partial charge in [-0.1, -0.05) is 13.3 Å². The molecule has 0 bridgehead atoms. The van der Waals surface area contributed by atoms with Crippen molar-refractivity contribution in [2.75, 3.05) is 19.5 Å². The summed E-state index contributed by atoms with van der Waals surface area (Å²) in [6.07, 6.45) is 4.01. The fraction of sp³-hybridized carbons (Fsp3) is 0.519. The quantitative estimate of drug-likeness (QED) is 0.326. The molecule has 198 valence electrons. The largest absolute Gasteiger partial charge is 0.504 e. The second-order valence-electron chi connectivity index (χ2n) is 8.92. The van der Waals surface area contributed by atoms with Gasteiger partial charge in [0.05, 0.1) is 7.11 Å². The van der Waals surface area contributed by atoms with Crippen molar-refractivity contribution >= 4 is 17.8 Å². The zero-order valence-electron chi connectivity index (χ0n) is 21.5. The normalized spacial score (nSPS) is 13.5. The molecule has 0 saturated heterocycles. The first-order chi connectivity index (χ1) is 17.2. The SMILES string of the molecule is CC[C@H](CO)CC[C@@H](C[C@@H](CCc1cc(OC)c(O)cc1-c1ccnc(N)c1)OC(C)=O)OC(C)=O. The number of aromatic nitrogens is 1. The van der Waals surface area contributed by atoms with Gasteiger partial charge in [-0.2, -0.15) is 0 Å². The highest BCUT2D eigenvalue weighted by atomic mass is 16.6. The lowest BCUT2D eigenvalue weighted by Crippen LogP contribution is -2.27. The maximum atomic E-state index is 11.9. The van der Waals surface area contributed by atoms with E-state index in [2.05, 4.69) is 4.98 Å². The average molecular weight is 503 g/mol. The number of benzene rings is 1. The van der Waals surface area contributed by atoms with Gasteiger partial charge in [0.2, 0.25) is 0 Å². The van der Waals surface area contributed by atoms with Crippen LogP contribution in [-0.4, -0.2) is 53.1 Å². The summed E-state index contributed by atoms with van der Waals surface area (Å²) in [5, 5.41) is 19.9. The van der Waals surface area contributed by atoms with Gasteiger partial charge in [0.1, 0.15) is 18.0 Å². The molecule has 0 radical (unpaired) electrons. The van der Waals surface area contributed by atoms with Crippen LogP contribution in [0.5, 0.6) is 11.5 Å². The van der Waals surface area contributed by atoms with E-state index in [0.717, 1.165) is 23.1 Å². The monoisotopic (exact) mass is 502 g/mol. The number of hydrogen-bond acceptors (Lipinski definition) is 9. The minimum Gasteiger partial charge on any atom is -0.504 e. The summed E-state index contributed by atoms with van der Waals surface area (Å²) < 4.78 is 16.4. The molecule has 0 spiro atoms. The Morgan fingerprint density at radius 1 is 1.06 bits per heavy atom. The van der Waals surface area contributed by atoms with Crippen molar-refractivity contribution in [3.8, 4) is 22.6 Å². The lowest BCUT2D eigenvalue weighted by Gasteiger charge is -2.25. The molecule has 0 aliphatic heterocycles. The number of aryl methyl sites for hydroxylation is 1. The predicted molar refractivity (Wildman–Crippen MR) is 136 cm³/mol. The van der Waals surface area contributed by atoms with Crippen LogP contribution in [0.2, 0.25) is 0 Å². The number of ether oxygens (including phenoxy) is 3. The zero-order valence-corrected chi connectivity index (χ0v) is 21.5. The highest BCUT2D eigenvalue weighted by molar-refractivity contribution is 5.72. The summed E-state index contributed by atoms with van der Waals surface area (Å²) in [7, 11) is 1.48. The molecule has 0 fully saturated rings. The number of phenolic OH excluding ortho intramolecular Hbond substituents is 1. The van der Waals surface area contributed by atoms with Crippen LogP contribution in [0.25, 0.3) is 11.1 Å². The van der Waals surface area contributed by atoms with Crippen molar-refractivity contribution in [3.63, 3.8) is 0 Å². The number of aromatic hydroxyl groups is 1. The molecule has 36 heavy (non-hydrogen) atoms. The summed E-state index contributed by atoms with van der Waals surface area (Å²) in [5.41, 5.74) is 8.27. The van der Waals surface area contributed by atoms with E-state index in [1.807, 2.05) is 6.92 Å². The number of aliphatic hydroxyl groups excluding tert-OH is 1. The Kier molecular flexibility index (Phi) is 11.5. The van der Waals surface area contributed by atoms with E-state index in [0.29, 0.717) is 43.7 Å². The van der Waals surface area contributed by atoms with Gasteiger partial charge < -0.3 is 30.2 Å². The first-order valence-corrected chi connectivity index (χ1v) is 12.2. The number of pyridine rings is 1. The molecule has 1 aromatic heterocycles. The highest BCUT2D eigenvalue weighted by Crippen LogP contribution is 2.36. The van der Waals surface area contributed by atoms with Crippen molar-refractivity contribution in [1.82, 2.24) is 4.98 Å². The van der Waals surface area contributed by atoms with E-state index in [9.17, 15) is 19.8 Å². The molecule has 9 nitrogen and oxygen atoms in total. The third kappa shape index (κ3) is 9.03. The second kappa shape index (κ2) is 14.3. The Morgan fingerprint density at radius 3 is 2.28 bits per heavy atom. The number of aliphatic hydroxyl groups is 1. The molecule has 4 N–H and O–H groups in total. The molecule has 0 aliphatic rings. The van der Waals surface area contributed by atoms with Gasteiger partial charge in [0.25, 0.3) is 0 Å². The molecule has 2 rings (SSSR count). The van der Waals surface area contributed by atoms with E-state index in [-0.39, 0.29) is 18.3 Å². The number of rotatable bonds is 14. The fourth-order valence-electron chi connectivity index (χ4n) is 4.24. The molecule has 0 amide bonds. The van der Waals surface area contributed by atoms with Gasteiger partial charge in [0.15, 0.2) is 11.5 Å². The number of hydrogen-bond donors (Lipinski definition) is 3. The third-order valence-electron chi connectivity index (χ3n) is 6.16. The number of nitrogens with zero attached hydrogens (tertiary/aromatic N) is 1. The van der Waals surface area contributed by atoms with Gasteiger partial charge in [-0.15, -0.1) is 0 Å². The zero-order chi connectivity index (χ0) is 26.7. The van der Waals surface area contributed by atoms with Crippen LogP contribution >= 0.6 is 0 Å². The van der Waals surface area contributed by atoms with Crippen LogP contribution in [0, 0.1) is 5.92 Å². The Balaban J connectivity index is 2.27. The van der Waals surface area contributed by atoms with E-state index < -0.39 is 24.1 Å². The van der Waals surface area contributed by atoms with Crippen LogP contribution < -0.4 is 10.5 Å². The van der Waals surface area contributed by atoms with Gasteiger partial charge in [-0.05, 0) is 72.6 Å². The number of phenols is 1. The summed E-state index contributed by atoms with van der Waals surface area (Å²) in [5.74, 6) is -0.0352. The summed E-state index contributed by atoms with van der Waals surface area (Å²) in [6.45, 7) is 4.78. The Hall–Kier alpha value is -3.33. The molecule has 0 aliphatic carbocycles. The Morgan fingerprint density at radius 2 is 1.72 bits per heavy atom. The van der Waals surface area contributed by atoms with Crippen molar-refractivity contribution in [3.05, 3.63) is 36.0 Å². The third-order valence-corrected chi connectivity index (χ3v) is 6.16. The van der Waals surface area contributed by atoms with Crippen LogP contribution in [0.15, 0.2) is 30.5 Å². The molecule has 2 aromatic rings. The fourth-order valence-corrected chi connectivity index (χ4v) is 4.24. The molecule has 1 heterocycles. The number of nitrogen functional groups attached to an aromatic ring is 1. The number of carbonyl (C=O) groups excluding carboxylic acids is 2. The molecule has 0 saturated carbocycles. The average Bonchev–Trinajstić information content (AvgIpc) is 2.82. The lowest BCUT2D eigenvalue weighted by molar-refractivity contribution is -0.153. The molecular formula is C27H38N2O7. The second-order valence-corrected chi connectivity index (χ2v) is 8.92. The maximum absolute atomic E-state index is 11.9. The van der Waals surface area contributed by atoms with Crippen molar-refractivity contribution in [2.45, 2.75) is 71.5 Å². The van der Waals surface area contributed by atoms with Crippen LogP contribution in [0.4, 0.5) is 5.82 Å².